The summed E-state index contributed by atoms with van der Waals surface area (Å²) in [4.78, 5) is 2.51. The number of thioether (sulfide) groups is 1. The third-order valence-electron chi connectivity index (χ3n) is 2.09. The smallest absolute Gasteiger partial charge is 0.101 e. The van der Waals surface area contributed by atoms with Crippen molar-refractivity contribution in [2.45, 2.75) is 24.8 Å². The van der Waals surface area contributed by atoms with Crippen molar-refractivity contribution in [3.05, 3.63) is 40.9 Å². The van der Waals surface area contributed by atoms with E-state index in [1.807, 2.05) is 25.1 Å². The van der Waals surface area contributed by atoms with Crippen LogP contribution >= 0.6 is 11.8 Å². The van der Waals surface area contributed by atoms with Crippen LogP contribution in [0.25, 0.3) is 0 Å². The van der Waals surface area contributed by atoms with Gasteiger partial charge in [-0.1, -0.05) is 30.0 Å². The van der Waals surface area contributed by atoms with Gasteiger partial charge in [-0.15, -0.1) is 0 Å². The predicted octanol–water partition coefficient (Wildman–Crippen LogP) is 3.86. The molecule has 2 nitrogen and oxygen atoms in total. The van der Waals surface area contributed by atoms with Gasteiger partial charge in [0.15, 0.2) is 0 Å². The minimum atomic E-state index is 0.222. The zero-order valence-electron chi connectivity index (χ0n) is 8.27. The Morgan fingerprint density at radius 2 is 1.93 bits per heavy atom. The monoisotopic (exact) mass is 204 g/mol. The van der Waals surface area contributed by atoms with Crippen LogP contribution in [0.2, 0.25) is 0 Å². The van der Waals surface area contributed by atoms with Gasteiger partial charge in [-0.05, 0) is 26.0 Å². The molecular weight excluding hydrogens is 192 g/mol. The first-order chi connectivity index (χ1) is 6.77. The topological polar surface area (TPSA) is 24.7 Å². The highest BCUT2D eigenvalue weighted by molar-refractivity contribution is 8.03. The highest BCUT2D eigenvalue weighted by Crippen LogP contribution is 2.36. The van der Waals surface area contributed by atoms with Crippen LogP contribution in [0.5, 0.6) is 0 Å². The molecule has 1 aromatic rings. The third kappa shape index (κ3) is 1.87. The summed E-state index contributed by atoms with van der Waals surface area (Å²) in [5.74, 6) is 0. The number of hydrogen-bond acceptors (Lipinski definition) is 3. The molecule has 0 aromatic heterocycles. The average Bonchev–Trinajstić information content (AvgIpc) is 2.51. The Bertz CT molecular complexity index is 382. The number of nitrogens with zero attached hydrogens (tertiary/aromatic N) is 2. The number of allylic oxidation sites excluding steroid dienone is 1. The van der Waals surface area contributed by atoms with Gasteiger partial charge in [0, 0.05) is 9.80 Å². The highest BCUT2D eigenvalue weighted by atomic mass is 32.2. The molecule has 0 N–H and O–H groups in total. The number of benzene rings is 1. The van der Waals surface area contributed by atoms with Crippen molar-refractivity contribution in [3.8, 4) is 0 Å². The molecule has 1 aromatic carbocycles. The van der Waals surface area contributed by atoms with E-state index in [9.17, 15) is 0 Å². The van der Waals surface area contributed by atoms with Crippen LogP contribution in [0.1, 0.15) is 13.8 Å². The van der Waals surface area contributed by atoms with Crippen LogP contribution in [0.4, 0.5) is 0 Å². The molecule has 0 unspecified atom stereocenters. The van der Waals surface area contributed by atoms with E-state index < -0.39 is 0 Å². The van der Waals surface area contributed by atoms with Crippen LogP contribution in [-0.2, 0) is 0 Å². The maximum Gasteiger partial charge on any atom is 0.101 e. The Morgan fingerprint density at radius 3 is 2.50 bits per heavy atom. The lowest BCUT2D eigenvalue weighted by Crippen LogP contribution is -1.95. The molecule has 0 saturated heterocycles. The maximum atomic E-state index is 4.12. The fourth-order valence-electron chi connectivity index (χ4n) is 1.35. The first-order valence-corrected chi connectivity index (χ1v) is 5.43. The summed E-state index contributed by atoms with van der Waals surface area (Å²) >= 11 is 1.76. The van der Waals surface area contributed by atoms with Gasteiger partial charge >= 0.3 is 0 Å². The van der Waals surface area contributed by atoms with Crippen molar-refractivity contribution in [1.29, 1.82) is 0 Å². The molecule has 0 radical (unpaired) electrons. The Labute approximate surface area is 88.1 Å². The van der Waals surface area contributed by atoms with Gasteiger partial charge in [0.1, 0.15) is 6.04 Å². The van der Waals surface area contributed by atoms with E-state index in [1.54, 1.807) is 11.8 Å². The molecule has 0 spiro atoms. The van der Waals surface area contributed by atoms with E-state index >= 15 is 0 Å². The highest BCUT2D eigenvalue weighted by Gasteiger charge is 2.17. The van der Waals surface area contributed by atoms with Crippen LogP contribution in [0.3, 0.4) is 0 Å². The summed E-state index contributed by atoms with van der Waals surface area (Å²) in [5, 5.41) is 8.20. The SMILES string of the molecule is CC1=C(Sc2ccccc2)[C@H](C)N=N1. The lowest BCUT2D eigenvalue weighted by atomic mass is 10.3. The van der Waals surface area contributed by atoms with E-state index in [2.05, 4.69) is 29.3 Å². The molecule has 0 saturated carbocycles. The zero-order valence-corrected chi connectivity index (χ0v) is 9.08. The summed E-state index contributed by atoms with van der Waals surface area (Å²) < 4.78 is 0. The van der Waals surface area contributed by atoms with E-state index in [1.165, 1.54) is 9.80 Å². The third-order valence-corrected chi connectivity index (χ3v) is 3.45. The Hall–Kier alpha value is -1.09. The normalized spacial score (nSPS) is 20.6. The minimum absolute atomic E-state index is 0.222. The summed E-state index contributed by atoms with van der Waals surface area (Å²) in [6, 6.07) is 10.6. The van der Waals surface area contributed by atoms with Gasteiger partial charge < -0.3 is 0 Å². The lowest BCUT2D eigenvalue weighted by Gasteiger charge is -2.05. The van der Waals surface area contributed by atoms with E-state index in [4.69, 9.17) is 0 Å². The standard InChI is InChI=1S/C11H12N2S/c1-8-11(9(2)13-12-8)14-10-6-4-3-5-7-10/h3-8H,1-2H3/t8-/m0/s1. The molecule has 1 aliphatic rings. The van der Waals surface area contributed by atoms with Crippen molar-refractivity contribution in [3.63, 3.8) is 0 Å². The molecular formula is C11H12N2S. The second-order valence-corrected chi connectivity index (χ2v) is 4.37. The van der Waals surface area contributed by atoms with E-state index in [0.717, 1.165) is 5.70 Å². The van der Waals surface area contributed by atoms with Gasteiger partial charge in [0.05, 0.1) is 5.70 Å². The van der Waals surface area contributed by atoms with Crippen molar-refractivity contribution in [2.75, 3.05) is 0 Å². The fraction of sp³-hybridized carbons (Fsp3) is 0.273. The molecule has 3 heteroatoms. The summed E-state index contributed by atoms with van der Waals surface area (Å²) in [7, 11) is 0. The van der Waals surface area contributed by atoms with Crippen LogP contribution in [0.15, 0.2) is 56.1 Å². The minimum Gasteiger partial charge on any atom is -0.180 e. The van der Waals surface area contributed by atoms with Gasteiger partial charge in [-0.3, -0.25) is 0 Å². The fourth-order valence-corrected chi connectivity index (χ4v) is 2.31. The van der Waals surface area contributed by atoms with Gasteiger partial charge in [0.2, 0.25) is 0 Å². The van der Waals surface area contributed by atoms with Crippen LogP contribution in [0, 0.1) is 0 Å². The molecule has 0 fully saturated rings. The molecule has 1 atom stereocenters. The molecule has 0 aliphatic carbocycles. The Balaban J connectivity index is 2.17. The van der Waals surface area contributed by atoms with Crippen molar-refractivity contribution in [2.24, 2.45) is 10.2 Å². The zero-order chi connectivity index (χ0) is 9.97. The quantitative estimate of drug-likeness (QED) is 0.717. The summed E-state index contributed by atoms with van der Waals surface area (Å²) in [6.07, 6.45) is 0. The number of hydrogen-bond donors (Lipinski definition) is 0. The number of azo groups is 1. The van der Waals surface area contributed by atoms with Gasteiger partial charge in [-0.25, -0.2) is 0 Å². The van der Waals surface area contributed by atoms with Crippen LogP contribution < -0.4 is 0 Å². The first-order valence-electron chi connectivity index (χ1n) is 4.62. The van der Waals surface area contributed by atoms with E-state index in [0.29, 0.717) is 0 Å². The summed E-state index contributed by atoms with van der Waals surface area (Å²) in [6.45, 7) is 4.09. The maximum absolute atomic E-state index is 4.12. The van der Waals surface area contributed by atoms with Crippen molar-refractivity contribution >= 4 is 11.8 Å². The van der Waals surface area contributed by atoms with Crippen LogP contribution in [-0.4, -0.2) is 6.04 Å². The summed E-state index contributed by atoms with van der Waals surface area (Å²) in [5.41, 5.74) is 1.05. The lowest BCUT2D eigenvalue weighted by molar-refractivity contribution is 0.883. The van der Waals surface area contributed by atoms with Crippen molar-refractivity contribution in [1.82, 2.24) is 0 Å². The average molecular weight is 204 g/mol. The number of rotatable bonds is 2. The predicted molar refractivity (Wildman–Crippen MR) is 59.3 cm³/mol. The first kappa shape index (κ1) is 9.46. The van der Waals surface area contributed by atoms with Crippen molar-refractivity contribution < 1.29 is 0 Å². The molecule has 1 heterocycles. The second kappa shape index (κ2) is 3.96. The molecule has 14 heavy (non-hydrogen) atoms. The van der Waals surface area contributed by atoms with E-state index in [-0.39, 0.29) is 6.04 Å². The molecule has 0 bridgehead atoms. The second-order valence-electron chi connectivity index (χ2n) is 3.26. The van der Waals surface area contributed by atoms with Gasteiger partial charge in [-0.2, -0.15) is 10.2 Å². The molecule has 2 rings (SSSR count). The van der Waals surface area contributed by atoms with Gasteiger partial charge in [0.25, 0.3) is 0 Å². The molecule has 1 aliphatic heterocycles. The Kier molecular flexibility index (Phi) is 2.68. The molecule has 72 valence electrons. The Morgan fingerprint density at radius 1 is 1.21 bits per heavy atom. The molecule has 0 amide bonds. The largest absolute Gasteiger partial charge is 0.180 e.